The minimum Gasteiger partial charge on any atom is -0.486 e. The van der Waals surface area contributed by atoms with Gasteiger partial charge in [0.1, 0.15) is 0 Å². The van der Waals surface area contributed by atoms with Crippen molar-refractivity contribution in [3.8, 4) is 16.9 Å². The maximum absolute atomic E-state index is 12.1. The van der Waals surface area contributed by atoms with Gasteiger partial charge in [-0.2, -0.15) is 0 Å². The van der Waals surface area contributed by atoms with Crippen LogP contribution in [0.2, 0.25) is 0 Å². The molecule has 178 valence electrons. The first-order valence-electron chi connectivity index (χ1n) is 11.6. The van der Waals surface area contributed by atoms with Gasteiger partial charge in [0.05, 0.1) is 17.4 Å². The molecule has 6 nitrogen and oxygen atoms in total. The summed E-state index contributed by atoms with van der Waals surface area (Å²) >= 11 is 0. The van der Waals surface area contributed by atoms with E-state index >= 15 is 0 Å². The van der Waals surface area contributed by atoms with Crippen LogP contribution in [0.5, 0.6) is 5.75 Å². The fraction of sp³-hybridized carbons (Fsp3) is 0.207. The number of nitrogens with zero attached hydrogens (tertiary/aromatic N) is 1. The molecule has 0 bridgehead atoms. The topological polar surface area (TPSA) is 89.7 Å². The second-order valence-corrected chi connectivity index (χ2v) is 8.69. The van der Waals surface area contributed by atoms with Crippen molar-refractivity contribution in [3.05, 3.63) is 106 Å². The Balaban J connectivity index is 1.72. The maximum atomic E-state index is 12.1. The molecule has 1 N–H and O–H groups in total. The molecule has 0 spiro atoms. The standard InChI is InChI=1S/C29H27NO5/c1-20(29(31)32)16-22-17-26(25-14-13-23-11-5-6-12-24(23)19-25)28(27(18-22)30(33)34)35-15-7-10-21-8-3-2-4-9-21/h2-6,8-9,11-14,17-20H,7,10,15-16H2,1H3,(H,31,32). The molecular weight excluding hydrogens is 442 g/mol. The van der Waals surface area contributed by atoms with E-state index in [1.54, 1.807) is 6.92 Å². The lowest BCUT2D eigenvalue weighted by Crippen LogP contribution is -2.13. The van der Waals surface area contributed by atoms with Gasteiger partial charge in [-0.25, -0.2) is 0 Å². The molecule has 4 rings (SSSR count). The molecule has 35 heavy (non-hydrogen) atoms. The van der Waals surface area contributed by atoms with Gasteiger partial charge >= 0.3 is 11.7 Å². The van der Waals surface area contributed by atoms with Gasteiger partial charge in [0.2, 0.25) is 5.75 Å². The number of rotatable bonds is 10. The number of nitro groups is 1. The van der Waals surface area contributed by atoms with Crippen molar-refractivity contribution in [1.82, 2.24) is 0 Å². The smallest absolute Gasteiger partial charge is 0.311 e. The number of carboxylic acid groups (broad SMARTS) is 1. The summed E-state index contributed by atoms with van der Waals surface area (Å²) in [6.45, 7) is 1.92. The normalized spacial score (nSPS) is 11.8. The highest BCUT2D eigenvalue weighted by molar-refractivity contribution is 5.89. The van der Waals surface area contributed by atoms with Gasteiger partial charge in [-0.15, -0.1) is 0 Å². The fourth-order valence-corrected chi connectivity index (χ4v) is 4.18. The maximum Gasteiger partial charge on any atom is 0.311 e. The summed E-state index contributed by atoms with van der Waals surface area (Å²) < 4.78 is 6.07. The van der Waals surface area contributed by atoms with Gasteiger partial charge in [0, 0.05) is 11.6 Å². The molecule has 0 fully saturated rings. The number of carboxylic acids is 1. The molecule has 0 amide bonds. The van der Waals surface area contributed by atoms with E-state index in [1.807, 2.05) is 78.9 Å². The molecule has 0 heterocycles. The van der Waals surface area contributed by atoms with Crippen LogP contribution in [-0.4, -0.2) is 22.6 Å². The van der Waals surface area contributed by atoms with Crippen LogP contribution in [0.1, 0.15) is 24.5 Å². The van der Waals surface area contributed by atoms with Crippen LogP contribution in [0.4, 0.5) is 5.69 Å². The van der Waals surface area contributed by atoms with Crippen molar-refractivity contribution >= 4 is 22.4 Å². The SMILES string of the molecule is CC(Cc1cc(-c2ccc3ccccc3c2)c(OCCCc2ccccc2)c([N+](=O)[O-])c1)C(=O)O. The molecule has 0 aliphatic heterocycles. The Morgan fingerprint density at radius 2 is 1.66 bits per heavy atom. The zero-order chi connectivity index (χ0) is 24.8. The first kappa shape index (κ1) is 24.0. The van der Waals surface area contributed by atoms with Gasteiger partial charge in [0.15, 0.2) is 0 Å². The number of fused-ring (bicyclic) bond motifs is 1. The van der Waals surface area contributed by atoms with Gasteiger partial charge in [-0.1, -0.05) is 73.7 Å². The Morgan fingerprint density at radius 3 is 2.37 bits per heavy atom. The fourth-order valence-electron chi connectivity index (χ4n) is 4.18. The lowest BCUT2D eigenvalue weighted by Gasteiger charge is -2.16. The number of ether oxygens (including phenoxy) is 1. The minimum absolute atomic E-state index is 0.150. The van der Waals surface area contributed by atoms with Crippen LogP contribution in [0.25, 0.3) is 21.9 Å². The second-order valence-electron chi connectivity index (χ2n) is 8.69. The summed E-state index contributed by atoms with van der Waals surface area (Å²) in [5, 5.41) is 23.5. The van der Waals surface area contributed by atoms with Crippen LogP contribution in [0, 0.1) is 16.0 Å². The third-order valence-corrected chi connectivity index (χ3v) is 6.05. The largest absolute Gasteiger partial charge is 0.486 e. The summed E-state index contributed by atoms with van der Waals surface area (Å²) in [5.74, 6) is -1.40. The van der Waals surface area contributed by atoms with Crippen molar-refractivity contribution in [2.75, 3.05) is 6.61 Å². The van der Waals surface area contributed by atoms with Crippen molar-refractivity contribution in [1.29, 1.82) is 0 Å². The van der Waals surface area contributed by atoms with E-state index in [2.05, 4.69) is 0 Å². The van der Waals surface area contributed by atoms with Crippen molar-refractivity contribution < 1.29 is 19.6 Å². The van der Waals surface area contributed by atoms with Gasteiger partial charge < -0.3 is 9.84 Å². The first-order chi connectivity index (χ1) is 16.9. The number of aryl methyl sites for hydroxylation is 1. The number of benzene rings is 4. The van der Waals surface area contributed by atoms with Crippen LogP contribution in [0.15, 0.2) is 84.9 Å². The van der Waals surface area contributed by atoms with Gasteiger partial charge in [-0.05, 0) is 58.9 Å². The van der Waals surface area contributed by atoms with Crippen molar-refractivity contribution in [3.63, 3.8) is 0 Å². The molecule has 4 aromatic rings. The van der Waals surface area contributed by atoms with E-state index in [1.165, 1.54) is 11.6 Å². The Bertz CT molecular complexity index is 1350. The average molecular weight is 470 g/mol. The molecule has 6 heteroatoms. The number of nitro benzene ring substituents is 1. The number of carbonyl (C=O) groups is 1. The predicted octanol–water partition coefficient (Wildman–Crippen LogP) is 6.69. The molecule has 0 saturated heterocycles. The number of hydrogen-bond acceptors (Lipinski definition) is 4. The highest BCUT2D eigenvalue weighted by atomic mass is 16.6. The Kier molecular flexibility index (Phi) is 7.41. The summed E-state index contributed by atoms with van der Waals surface area (Å²) in [4.78, 5) is 23.0. The monoisotopic (exact) mass is 469 g/mol. The zero-order valence-electron chi connectivity index (χ0n) is 19.5. The highest BCUT2D eigenvalue weighted by Crippen LogP contribution is 2.41. The van der Waals surface area contributed by atoms with Crippen LogP contribution in [0.3, 0.4) is 0 Å². The lowest BCUT2D eigenvalue weighted by molar-refractivity contribution is -0.385. The van der Waals surface area contributed by atoms with Crippen molar-refractivity contribution in [2.45, 2.75) is 26.2 Å². The van der Waals surface area contributed by atoms with E-state index in [0.29, 0.717) is 24.2 Å². The molecule has 0 aliphatic rings. The Labute approximate surface area is 204 Å². The summed E-state index contributed by atoms with van der Waals surface area (Å²) in [7, 11) is 0. The molecule has 0 aromatic heterocycles. The molecule has 1 atom stereocenters. The minimum atomic E-state index is -0.943. The summed E-state index contributed by atoms with van der Waals surface area (Å²) in [6.07, 6.45) is 1.69. The summed E-state index contributed by atoms with van der Waals surface area (Å²) in [6, 6.07) is 27.1. The zero-order valence-corrected chi connectivity index (χ0v) is 19.5. The van der Waals surface area contributed by atoms with E-state index < -0.39 is 16.8 Å². The van der Waals surface area contributed by atoms with Gasteiger partial charge in [-0.3, -0.25) is 14.9 Å². The lowest BCUT2D eigenvalue weighted by atomic mass is 9.94. The molecular formula is C29H27NO5. The molecule has 0 radical (unpaired) electrons. The molecule has 0 aliphatic carbocycles. The average Bonchev–Trinajstić information content (AvgIpc) is 2.87. The predicted molar refractivity (Wildman–Crippen MR) is 137 cm³/mol. The number of aliphatic carboxylic acids is 1. The number of hydrogen-bond donors (Lipinski definition) is 1. The van der Waals surface area contributed by atoms with Crippen LogP contribution >= 0.6 is 0 Å². The third kappa shape index (κ3) is 5.84. The van der Waals surface area contributed by atoms with E-state index in [9.17, 15) is 20.0 Å². The first-order valence-corrected chi connectivity index (χ1v) is 11.6. The van der Waals surface area contributed by atoms with E-state index in [0.717, 1.165) is 22.8 Å². The Hall–Kier alpha value is -4.19. The van der Waals surface area contributed by atoms with E-state index in [-0.39, 0.29) is 17.9 Å². The second kappa shape index (κ2) is 10.8. The molecule has 0 saturated carbocycles. The van der Waals surface area contributed by atoms with Crippen LogP contribution < -0.4 is 4.74 Å². The van der Waals surface area contributed by atoms with Gasteiger partial charge in [0.25, 0.3) is 0 Å². The van der Waals surface area contributed by atoms with Crippen LogP contribution in [-0.2, 0) is 17.6 Å². The summed E-state index contributed by atoms with van der Waals surface area (Å²) in [5.41, 5.74) is 3.00. The quantitative estimate of drug-likeness (QED) is 0.159. The molecule has 1 unspecified atom stereocenters. The molecule has 4 aromatic carbocycles. The highest BCUT2D eigenvalue weighted by Gasteiger charge is 2.24. The third-order valence-electron chi connectivity index (χ3n) is 6.05. The van der Waals surface area contributed by atoms with Crippen molar-refractivity contribution in [2.24, 2.45) is 5.92 Å². The Morgan fingerprint density at radius 1 is 0.943 bits per heavy atom. The van der Waals surface area contributed by atoms with E-state index in [4.69, 9.17) is 4.74 Å².